The summed E-state index contributed by atoms with van der Waals surface area (Å²) in [4.78, 5) is 11.8. The second-order valence-corrected chi connectivity index (χ2v) is 7.88. The lowest BCUT2D eigenvalue weighted by molar-refractivity contribution is 0.0227. The number of H-pyrrole nitrogens is 1. The molecule has 1 unspecified atom stereocenters. The van der Waals surface area contributed by atoms with Crippen molar-refractivity contribution in [2.24, 2.45) is 5.92 Å². The SMILES string of the molecule is CC(C)C(C)OC(=O)c1n[nH]c(C2CC2)c1S(=O)(=O)Cl. The van der Waals surface area contributed by atoms with Crippen LogP contribution >= 0.6 is 10.7 Å². The predicted octanol–water partition coefficient (Wildman–Crippen LogP) is 2.42. The van der Waals surface area contributed by atoms with Gasteiger partial charge in [-0.25, -0.2) is 13.2 Å². The van der Waals surface area contributed by atoms with E-state index in [4.69, 9.17) is 15.4 Å². The van der Waals surface area contributed by atoms with Gasteiger partial charge >= 0.3 is 5.97 Å². The number of carbonyl (C=O) groups excluding carboxylic acids is 1. The molecule has 1 aromatic rings. The molecule has 1 saturated carbocycles. The standard InChI is InChI=1S/C12H17ClN2O4S/c1-6(2)7(3)19-12(16)10-11(20(13,17)18)9(14-15-10)8-4-5-8/h6-8H,4-5H2,1-3H3,(H,14,15). The second-order valence-electron chi connectivity index (χ2n) is 5.38. The first kappa shape index (κ1) is 15.3. The minimum atomic E-state index is -4.05. The summed E-state index contributed by atoms with van der Waals surface area (Å²) in [5.41, 5.74) is 0.151. The van der Waals surface area contributed by atoms with Crippen molar-refractivity contribution in [3.63, 3.8) is 0 Å². The normalized spacial score (nSPS) is 17.2. The van der Waals surface area contributed by atoms with E-state index >= 15 is 0 Å². The smallest absolute Gasteiger partial charge is 0.360 e. The van der Waals surface area contributed by atoms with Gasteiger partial charge in [-0.15, -0.1) is 0 Å². The highest BCUT2D eigenvalue weighted by Gasteiger charge is 2.37. The number of aromatic amines is 1. The zero-order valence-electron chi connectivity index (χ0n) is 11.5. The average Bonchev–Trinajstić information content (AvgIpc) is 3.05. The Hall–Kier alpha value is -1.08. The molecule has 112 valence electrons. The lowest BCUT2D eigenvalue weighted by atomic mass is 10.1. The molecule has 1 aliphatic carbocycles. The van der Waals surface area contributed by atoms with Crippen LogP contribution in [0.3, 0.4) is 0 Å². The fourth-order valence-corrected chi connectivity index (χ4v) is 3.04. The van der Waals surface area contributed by atoms with Crippen molar-refractivity contribution >= 4 is 25.7 Å². The maximum atomic E-state index is 12.1. The monoisotopic (exact) mass is 320 g/mol. The predicted molar refractivity (Wildman–Crippen MR) is 73.3 cm³/mol. The van der Waals surface area contributed by atoms with E-state index in [9.17, 15) is 13.2 Å². The van der Waals surface area contributed by atoms with Crippen LogP contribution in [0.1, 0.15) is 55.7 Å². The van der Waals surface area contributed by atoms with E-state index in [-0.39, 0.29) is 28.5 Å². The minimum Gasteiger partial charge on any atom is -0.458 e. The Bertz CT molecular complexity index is 619. The number of carbonyl (C=O) groups is 1. The van der Waals surface area contributed by atoms with Crippen LogP contribution in [0.25, 0.3) is 0 Å². The molecule has 1 aromatic heterocycles. The van der Waals surface area contributed by atoms with Crippen molar-refractivity contribution in [3.8, 4) is 0 Å². The lowest BCUT2D eigenvalue weighted by Crippen LogP contribution is -2.21. The number of nitrogens with zero attached hydrogens (tertiary/aromatic N) is 1. The number of nitrogens with one attached hydrogen (secondary N) is 1. The van der Waals surface area contributed by atoms with Gasteiger partial charge in [-0.3, -0.25) is 5.10 Å². The van der Waals surface area contributed by atoms with Gasteiger partial charge in [0.2, 0.25) is 0 Å². The molecule has 0 amide bonds. The first-order valence-corrected chi connectivity index (χ1v) is 8.76. The summed E-state index contributed by atoms with van der Waals surface area (Å²) in [5, 5.41) is 6.40. The van der Waals surface area contributed by atoms with E-state index in [1.54, 1.807) is 6.92 Å². The molecule has 0 saturated heterocycles. The molecule has 1 aliphatic rings. The molecule has 1 atom stereocenters. The number of hydrogen-bond acceptors (Lipinski definition) is 5. The summed E-state index contributed by atoms with van der Waals surface area (Å²) in [6, 6.07) is 0. The molecule has 1 heterocycles. The van der Waals surface area contributed by atoms with E-state index in [2.05, 4.69) is 10.2 Å². The van der Waals surface area contributed by atoms with E-state index < -0.39 is 15.0 Å². The molecule has 20 heavy (non-hydrogen) atoms. The number of rotatable bonds is 5. The molecule has 8 heteroatoms. The van der Waals surface area contributed by atoms with Gasteiger partial charge in [0, 0.05) is 16.6 Å². The van der Waals surface area contributed by atoms with Gasteiger partial charge in [0.15, 0.2) is 5.69 Å². The van der Waals surface area contributed by atoms with Crippen molar-refractivity contribution in [3.05, 3.63) is 11.4 Å². The summed E-state index contributed by atoms with van der Waals surface area (Å²) in [6.45, 7) is 5.54. The van der Waals surface area contributed by atoms with Crippen molar-refractivity contribution < 1.29 is 17.9 Å². The zero-order chi connectivity index (χ0) is 15.1. The Balaban J connectivity index is 2.35. The Kier molecular flexibility index (Phi) is 4.11. The first-order valence-electron chi connectivity index (χ1n) is 6.45. The molecule has 1 N–H and O–H groups in total. The summed E-state index contributed by atoms with van der Waals surface area (Å²) >= 11 is 0. The van der Waals surface area contributed by atoms with Gasteiger partial charge < -0.3 is 4.74 Å². The van der Waals surface area contributed by atoms with Gasteiger partial charge in [0.05, 0.1) is 5.69 Å². The third-order valence-corrected chi connectivity index (χ3v) is 4.77. The third-order valence-electron chi connectivity index (χ3n) is 3.40. The van der Waals surface area contributed by atoms with Crippen molar-refractivity contribution in [2.75, 3.05) is 0 Å². The molecule has 0 radical (unpaired) electrons. The highest BCUT2D eigenvalue weighted by Crippen LogP contribution is 2.43. The van der Waals surface area contributed by atoms with Crippen molar-refractivity contribution in [1.29, 1.82) is 0 Å². The highest BCUT2D eigenvalue weighted by molar-refractivity contribution is 8.13. The van der Waals surface area contributed by atoms with Gasteiger partial charge in [-0.2, -0.15) is 5.10 Å². The van der Waals surface area contributed by atoms with E-state index in [1.807, 2.05) is 13.8 Å². The maximum absolute atomic E-state index is 12.1. The van der Waals surface area contributed by atoms with Gasteiger partial charge in [0.1, 0.15) is 11.0 Å². The summed E-state index contributed by atoms with van der Waals surface area (Å²) < 4.78 is 28.6. The molecule has 0 aliphatic heterocycles. The number of aromatic nitrogens is 2. The Morgan fingerprint density at radius 1 is 1.40 bits per heavy atom. The van der Waals surface area contributed by atoms with Crippen LogP contribution in [0.2, 0.25) is 0 Å². The Morgan fingerprint density at radius 2 is 2.00 bits per heavy atom. The Labute approximate surface area is 122 Å². The second kappa shape index (κ2) is 5.37. The maximum Gasteiger partial charge on any atom is 0.360 e. The van der Waals surface area contributed by atoms with Crippen LogP contribution in [-0.4, -0.2) is 30.7 Å². The quantitative estimate of drug-likeness (QED) is 0.664. The fourth-order valence-electron chi connectivity index (χ4n) is 1.74. The van der Waals surface area contributed by atoms with Crippen molar-refractivity contribution in [2.45, 2.75) is 50.5 Å². The van der Waals surface area contributed by atoms with Crippen LogP contribution in [-0.2, 0) is 13.8 Å². The number of ether oxygens (including phenoxy) is 1. The van der Waals surface area contributed by atoms with Crippen LogP contribution in [0.5, 0.6) is 0 Å². The van der Waals surface area contributed by atoms with E-state index in [1.165, 1.54) is 0 Å². The minimum absolute atomic E-state index is 0.0788. The molecule has 0 spiro atoms. The average molecular weight is 321 g/mol. The van der Waals surface area contributed by atoms with Crippen LogP contribution in [0.15, 0.2) is 4.90 Å². The van der Waals surface area contributed by atoms with Crippen molar-refractivity contribution in [1.82, 2.24) is 10.2 Å². The van der Waals surface area contributed by atoms with Crippen LogP contribution < -0.4 is 0 Å². The summed E-state index contributed by atoms with van der Waals surface area (Å²) in [5.74, 6) is -0.569. The van der Waals surface area contributed by atoms with E-state index in [0.717, 1.165) is 12.8 Å². The Morgan fingerprint density at radius 3 is 2.45 bits per heavy atom. The first-order chi connectivity index (χ1) is 9.21. The largest absolute Gasteiger partial charge is 0.458 e. The zero-order valence-corrected chi connectivity index (χ0v) is 13.1. The number of halogens is 1. The molecule has 6 nitrogen and oxygen atoms in total. The topological polar surface area (TPSA) is 89.1 Å². The van der Waals surface area contributed by atoms with Gasteiger partial charge in [-0.1, -0.05) is 13.8 Å². The molecule has 2 rings (SSSR count). The summed E-state index contributed by atoms with van der Waals surface area (Å²) in [7, 11) is 1.38. The summed E-state index contributed by atoms with van der Waals surface area (Å²) in [6.07, 6.45) is 1.38. The molecule has 0 bridgehead atoms. The number of esters is 1. The lowest BCUT2D eigenvalue weighted by Gasteiger charge is -2.15. The fraction of sp³-hybridized carbons (Fsp3) is 0.667. The van der Waals surface area contributed by atoms with Gasteiger partial charge in [-0.05, 0) is 25.7 Å². The van der Waals surface area contributed by atoms with Crippen LogP contribution in [0.4, 0.5) is 0 Å². The highest BCUT2D eigenvalue weighted by atomic mass is 35.7. The third kappa shape index (κ3) is 3.15. The molecule has 1 fully saturated rings. The molecular weight excluding hydrogens is 304 g/mol. The molecular formula is C12H17ClN2O4S. The molecule has 0 aromatic carbocycles. The van der Waals surface area contributed by atoms with Gasteiger partial charge in [0.25, 0.3) is 9.05 Å². The van der Waals surface area contributed by atoms with Crippen LogP contribution in [0, 0.1) is 5.92 Å². The van der Waals surface area contributed by atoms with E-state index in [0.29, 0.717) is 5.69 Å². The number of hydrogen-bond donors (Lipinski definition) is 1.